The summed E-state index contributed by atoms with van der Waals surface area (Å²) in [5, 5.41) is 39.7. The lowest BCUT2D eigenvalue weighted by Gasteiger charge is -2.16. The van der Waals surface area contributed by atoms with Gasteiger partial charge in [-0.25, -0.2) is 28.9 Å². The molecule has 0 amide bonds. The van der Waals surface area contributed by atoms with Gasteiger partial charge in [-0.3, -0.25) is 18.2 Å². The number of phosphoric acid groups is 2. The van der Waals surface area contributed by atoms with E-state index in [0.29, 0.717) is 5.52 Å². The minimum Gasteiger partial charge on any atom is -0.387 e. The van der Waals surface area contributed by atoms with Crippen molar-refractivity contribution in [1.82, 2.24) is 29.1 Å². The number of rotatable bonds is 8. The van der Waals surface area contributed by atoms with Crippen LogP contribution in [0.3, 0.4) is 0 Å². The minimum absolute atomic E-state index is 0.0225. The van der Waals surface area contributed by atoms with Gasteiger partial charge in [0, 0.05) is 6.20 Å². The number of fused-ring (bicyclic) bond motifs is 1. The van der Waals surface area contributed by atoms with Crippen molar-refractivity contribution in [3.8, 4) is 0 Å². The van der Waals surface area contributed by atoms with Crippen LogP contribution >= 0.6 is 15.6 Å². The first-order valence-corrected chi connectivity index (χ1v) is 15.2. The smallest absolute Gasteiger partial charge is 0.387 e. The van der Waals surface area contributed by atoms with Gasteiger partial charge in [0.05, 0.1) is 19.5 Å². The van der Waals surface area contributed by atoms with E-state index in [1.54, 1.807) is 0 Å². The number of nitrogens with zero attached hydrogens (tertiary/aromatic N) is 6. The molecule has 23 nitrogen and oxygen atoms in total. The fraction of sp³-hybridized carbons (Fsp3) is 0.526. The lowest BCUT2D eigenvalue weighted by atomic mass is 10.1. The highest BCUT2D eigenvalue weighted by molar-refractivity contribution is 7.46. The molecule has 44 heavy (non-hydrogen) atoms. The van der Waals surface area contributed by atoms with E-state index in [2.05, 4.69) is 29.0 Å². The fourth-order valence-corrected chi connectivity index (χ4v) is 4.89. The molecule has 5 heterocycles. The quantitative estimate of drug-likeness (QED) is 0.101. The largest absolute Gasteiger partial charge is 0.469 e. The van der Waals surface area contributed by atoms with Crippen molar-refractivity contribution < 1.29 is 67.7 Å². The van der Waals surface area contributed by atoms with Gasteiger partial charge in [0.25, 0.3) is 0 Å². The second-order valence-electron chi connectivity index (χ2n) is 9.29. The van der Waals surface area contributed by atoms with Crippen LogP contribution in [-0.4, -0.2) is 119 Å². The van der Waals surface area contributed by atoms with E-state index in [9.17, 15) is 34.4 Å². The number of aliphatic hydroxyl groups is 4. The molecule has 0 bridgehead atoms. The minimum atomic E-state index is -4.74. The summed E-state index contributed by atoms with van der Waals surface area (Å²) in [7, 11) is -9.46. The van der Waals surface area contributed by atoms with E-state index < -0.39 is 83.6 Å². The monoisotopic (exact) mass is 670 g/mol. The first-order chi connectivity index (χ1) is 20.5. The molecular formula is C19H28N8O15P2. The molecule has 5 rings (SSSR count). The Kier molecular flexibility index (Phi) is 10.1. The summed E-state index contributed by atoms with van der Waals surface area (Å²) < 4.78 is 42.7. The summed E-state index contributed by atoms with van der Waals surface area (Å²) >= 11 is 0. The molecule has 2 fully saturated rings. The number of nitrogen functional groups attached to an aromatic ring is 2. The van der Waals surface area contributed by atoms with Crippen molar-refractivity contribution in [3.63, 3.8) is 0 Å². The van der Waals surface area contributed by atoms with Crippen molar-refractivity contribution in [2.45, 2.75) is 49.1 Å². The van der Waals surface area contributed by atoms with Gasteiger partial charge in [0.1, 0.15) is 54.3 Å². The van der Waals surface area contributed by atoms with Gasteiger partial charge in [-0.15, -0.1) is 0 Å². The highest BCUT2D eigenvalue weighted by atomic mass is 31.2. The third kappa shape index (κ3) is 7.80. The highest BCUT2D eigenvalue weighted by Crippen LogP contribution is 2.39. The second-order valence-corrected chi connectivity index (χ2v) is 11.8. The normalized spacial score (nSPS) is 29.1. The lowest BCUT2D eigenvalue weighted by molar-refractivity contribution is -0.0542. The number of phosphoric ester groups is 2. The molecule has 3 aromatic heterocycles. The maximum absolute atomic E-state index is 11.6. The lowest BCUT2D eigenvalue weighted by Crippen LogP contribution is -2.36. The summed E-state index contributed by atoms with van der Waals surface area (Å²) in [6.07, 6.45) is -6.76. The molecule has 3 aromatic rings. The Balaban J connectivity index is 0.000000202. The molecule has 2 saturated heterocycles. The summed E-state index contributed by atoms with van der Waals surface area (Å²) in [4.78, 5) is 61.5. The number of hydrogen-bond donors (Lipinski definition) is 10. The maximum Gasteiger partial charge on any atom is 0.469 e. The van der Waals surface area contributed by atoms with E-state index in [4.69, 9.17) is 40.5 Å². The predicted molar refractivity (Wildman–Crippen MR) is 140 cm³/mol. The van der Waals surface area contributed by atoms with Crippen LogP contribution in [-0.2, 0) is 27.7 Å². The van der Waals surface area contributed by atoms with Gasteiger partial charge >= 0.3 is 21.3 Å². The number of aromatic nitrogens is 6. The molecule has 244 valence electrons. The summed E-state index contributed by atoms with van der Waals surface area (Å²) in [5.41, 5.74) is 10.8. The highest BCUT2D eigenvalue weighted by Gasteiger charge is 2.46. The van der Waals surface area contributed by atoms with E-state index in [0.717, 1.165) is 4.57 Å². The molecule has 8 unspecified atom stereocenters. The molecule has 12 N–H and O–H groups in total. The zero-order valence-electron chi connectivity index (χ0n) is 22.0. The van der Waals surface area contributed by atoms with Crippen LogP contribution in [0.2, 0.25) is 0 Å². The molecule has 2 aliphatic heterocycles. The Morgan fingerprint density at radius 1 is 0.818 bits per heavy atom. The molecule has 25 heteroatoms. The Morgan fingerprint density at radius 3 is 1.84 bits per heavy atom. The number of imidazole rings is 1. The first-order valence-electron chi connectivity index (χ1n) is 12.2. The molecule has 8 atom stereocenters. The fourth-order valence-electron chi connectivity index (χ4n) is 4.21. The van der Waals surface area contributed by atoms with Crippen molar-refractivity contribution in [2.24, 2.45) is 0 Å². The Hall–Kier alpha value is -2.99. The van der Waals surface area contributed by atoms with Gasteiger partial charge in [-0.2, -0.15) is 4.98 Å². The first kappa shape index (κ1) is 33.9. The van der Waals surface area contributed by atoms with Gasteiger partial charge in [-0.1, -0.05) is 0 Å². The van der Waals surface area contributed by atoms with Crippen LogP contribution in [0, 0.1) is 0 Å². The summed E-state index contributed by atoms with van der Waals surface area (Å²) in [5.74, 6) is 0.119. The van der Waals surface area contributed by atoms with Crippen molar-refractivity contribution in [3.05, 3.63) is 35.4 Å². The van der Waals surface area contributed by atoms with E-state index in [-0.39, 0.29) is 17.3 Å². The number of aliphatic hydroxyl groups excluding tert-OH is 4. The van der Waals surface area contributed by atoms with Crippen LogP contribution in [0.4, 0.5) is 11.6 Å². The van der Waals surface area contributed by atoms with Crippen molar-refractivity contribution in [2.75, 3.05) is 24.7 Å². The van der Waals surface area contributed by atoms with Crippen LogP contribution in [0.5, 0.6) is 0 Å². The zero-order valence-corrected chi connectivity index (χ0v) is 23.8. The van der Waals surface area contributed by atoms with Gasteiger partial charge in [0.15, 0.2) is 23.9 Å². The summed E-state index contributed by atoms with van der Waals surface area (Å²) in [6.45, 7) is -1.25. The SMILES string of the molecule is Nc1ccn(C2OC(COP(=O)(O)O)C(O)C2O)c(=O)n1.Nc1ncnc2c1ncn2C1OC(COP(=O)(O)O)C(O)C1O. The third-order valence-corrected chi connectivity index (χ3v) is 7.25. The Labute approximate surface area is 244 Å². The molecule has 0 radical (unpaired) electrons. The van der Waals surface area contributed by atoms with E-state index >= 15 is 0 Å². The number of ether oxygens (including phenoxy) is 2. The van der Waals surface area contributed by atoms with Gasteiger partial charge in [-0.05, 0) is 6.07 Å². The van der Waals surface area contributed by atoms with Crippen molar-refractivity contribution in [1.29, 1.82) is 0 Å². The van der Waals surface area contributed by atoms with Gasteiger partial charge in [0.2, 0.25) is 0 Å². The van der Waals surface area contributed by atoms with E-state index in [1.807, 2.05) is 0 Å². The average molecular weight is 670 g/mol. The number of nitrogens with two attached hydrogens (primary N) is 2. The van der Waals surface area contributed by atoms with E-state index in [1.165, 1.54) is 29.5 Å². The Bertz CT molecular complexity index is 1610. The predicted octanol–water partition coefficient (Wildman–Crippen LogP) is -4.31. The molecule has 0 aliphatic carbocycles. The maximum atomic E-state index is 11.6. The summed E-state index contributed by atoms with van der Waals surface area (Å²) in [6, 6.07) is 1.29. The second kappa shape index (κ2) is 13.2. The van der Waals surface area contributed by atoms with Crippen LogP contribution < -0.4 is 17.2 Å². The van der Waals surface area contributed by atoms with Crippen LogP contribution in [0.15, 0.2) is 29.7 Å². The molecule has 0 aromatic carbocycles. The van der Waals surface area contributed by atoms with Gasteiger partial charge < -0.3 is 60.9 Å². The molecule has 2 aliphatic rings. The number of anilines is 2. The van der Waals surface area contributed by atoms with Crippen molar-refractivity contribution >= 4 is 38.4 Å². The third-order valence-electron chi connectivity index (χ3n) is 6.28. The standard InChI is InChI=1S/C10H14N5O7P.C9H14N3O8P/c11-8-5-9(13-2-12-8)15(3-14-5)10-7(17)6(16)4(22-10)1-21-23(18,19)20;10-5-1-2-12(9(15)11-5)8-7(14)6(13)4(20-8)3-19-21(16,17)18/h2-4,6-7,10,16-17H,1H2,(H2,11,12,13)(H2,18,19,20);1-2,4,6-8,13-14H,3H2,(H2,10,11,15)(H2,16,17,18). The van der Waals surface area contributed by atoms with Crippen LogP contribution in [0.1, 0.15) is 12.5 Å². The van der Waals surface area contributed by atoms with Crippen LogP contribution in [0.25, 0.3) is 11.2 Å². The Morgan fingerprint density at radius 2 is 1.34 bits per heavy atom. The zero-order chi connectivity index (χ0) is 32.6. The molecular weight excluding hydrogens is 642 g/mol. The average Bonchev–Trinajstić information content (AvgIpc) is 3.57. The molecule has 0 spiro atoms. The topological polar surface area (TPSA) is 363 Å². The number of hydrogen-bond acceptors (Lipinski definition) is 17. The molecule has 0 saturated carbocycles.